The highest BCUT2D eigenvalue weighted by molar-refractivity contribution is 6.06. The zero-order valence-electron chi connectivity index (χ0n) is 13.7. The van der Waals surface area contributed by atoms with E-state index in [0.717, 1.165) is 12.1 Å². The SMILES string of the molecule is O=C(Nc1ccnnc1)c1cnc(C(F)(F)F)cc1Oc1ccc(F)cc1F. The van der Waals surface area contributed by atoms with Gasteiger partial charge in [-0.15, -0.1) is 0 Å². The van der Waals surface area contributed by atoms with Crippen LogP contribution in [0.15, 0.2) is 48.9 Å². The van der Waals surface area contributed by atoms with Crippen LogP contribution in [-0.2, 0) is 6.18 Å². The number of aromatic nitrogens is 3. The summed E-state index contributed by atoms with van der Waals surface area (Å²) in [7, 11) is 0. The Morgan fingerprint density at radius 1 is 1.00 bits per heavy atom. The second-order valence-electron chi connectivity index (χ2n) is 5.33. The van der Waals surface area contributed by atoms with Gasteiger partial charge in [0.1, 0.15) is 22.8 Å². The monoisotopic (exact) mass is 396 g/mol. The van der Waals surface area contributed by atoms with E-state index in [2.05, 4.69) is 20.5 Å². The van der Waals surface area contributed by atoms with Crippen LogP contribution in [0.3, 0.4) is 0 Å². The number of nitrogens with zero attached hydrogens (tertiary/aromatic N) is 3. The summed E-state index contributed by atoms with van der Waals surface area (Å²) in [6.07, 6.45) is -1.70. The Morgan fingerprint density at radius 2 is 1.79 bits per heavy atom. The quantitative estimate of drug-likeness (QED) is 0.669. The number of benzene rings is 1. The van der Waals surface area contributed by atoms with Crippen LogP contribution in [0.2, 0.25) is 0 Å². The average molecular weight is 396 g/mol. The van der Waals surface area contributed by atoms with Crippen LogP contribution < -0.4 is 10.1 Å². The molecule has 3 rings (SSSR count). The van der Waals surface area contributed by atoms with Crippen molar-refractivity contribution in [2.45, 2.75) is 6.18 Å². The maximum atomic E-state index is 13.8. The minimum Gasteiger partial charge on any atom is -0.453 e. The molecule has 0 spiro atoms. The number of hydrogen-bond donors (Lipinski definition) is 1. The Labute approximate surface area is 154 Å². The first-order chi connectivity index (χ1) is 13.2. The standard InChI is InChI=1S/C17H9F5N4O2/c18-9-1-2-13(12(19)5-9)28-14-6-15(17(20,21)22)23-8-11(14)16(27)26-10-3-4-24-25-7-10/h1-8H,(H,24,26,27). The third kappa shape index (κ3) is 4.37. The Bertz CT molecular complexity index is 1010. The van der Waals surface area contributed by atoms with E-state index in [9.17, 15) is 26.7 Å². The van der Waals surface area contributed by atoms with Gasteiger partial charge in [-0.05, 0) is 18.2 Å². The first kappa shape index (κ1) is 19.1. The molecule has 28 heavy (non-hydrogen) atoms. The molecule has 0 aliphatic rings. The van der Waals surface area contributed by atoms with E-state index in [0.29, 0.717) is 18.3 Å². The number of ether oxygens (including phenoxy) is 1. The van der Waals surface area contributed by atoms with Crippen LogP contribution >= 0.6 is 0 Å². The molecule has 2 aromatic heterocycles. The van der Waals surface area contributed by atoms with Crippen LogP contribution in [0.1, 0.15) is 16.1 Å². The minimum absolute atomic E-state index is 0.207. The highest BCUT2D eigenvalue weighted by atomic mass is 19.4. The molecule has 0 bridgehead atoms. The molecular formula is C17H9F5N4O2. The number of hydrogen-bond acceptors (Lipinski definition) is 5. The lowest BCUT2D eigenvalue weighted by atomic mass is 10.2. The van der Waals surface area contributed by atoms with Gasteiger partial charge in [0.05, 0.1) is 18.1 Å². The van der Waals surface area contributed by atoms with Gasteiger partial charge in [-0.2, -0.15) is 23.4 Å². The average Bonchev–Trinajstić information content (AvgIpc) is 2.64. The molecule has 0 fully saturated rings. The molecule has 11 heteroatoms. The van der Waals surface area contributed by atoms with E-state index in [1.807, 2.05) is 0 Å². The van der Waals surface area contributed by atoms with E-state index < -0.39 is 46.5 Å². The fourth-order valence-electron chi connectivity index (χ4n) is 2.09. The molecule has 3 aromatic rings. The van der Waals surface area contributed by atoms with E-state index >= 15 is 0 Å². The molecule has 0 aliphatic carbocycles. The molecule has 0 aliphatic heterocycles. The molecule has 144 valence electrons. The Kier molecular flexibility index (Phi) is 5.16. The third-order valence-electron chi connectivity index (χ3n) is 3.36. The molecule has 2 heterocycles. The number of amides is 1. The van der Waals surface area contributed by atoms with Crippen molar-refractivity contribution in [3.05, 3.63) is 71.8 Å². The van der Waals surface area contributed by atoms with Crippen LogP contribution in [-0.4, -0.2) is 21.1 Å². The molecule has 0 unspecified atom stereocenters. The van der Waals surface area contributed by atoms with Gasteiger partial charge >= 0.3 is 6.18 Å². The fraction of sp³-hybridized carbons (Fsp3) is 0.0588. The van der Waals surface area contributed by atoms with Crippen molar-refractivity contribution >= 4 is 11.6 Å². The van der Waals surface area contributed by atoms with E-state index in [-0.39, 0.29) is 5.69 Å². The molecule has 0 saturated carbocycles. The zero-order chi connectivity index (χ0) is 20.3. The predicted molar refractivity (Wildman–Crippen MR) is 85.7 cm³/mol. The zero-order valence-corrected chi connectivity index (χ0v) is 13.7. The van der Waals surface area contributed by atoms with Crippen molar-refractivity contribution in [3.63, 3.8) is 0 Å². The molecule has 0 radical (unpaired) electrons. The first-order valence-electron chi connectivity index (χ1n) is 7.52. The summed E-state index contributed by atoms with van der Waals surface area (Å²) in [6, 6.07) is 4.06. The molecule has 1 N–H and O–H groups in total. The van der Waals surface area contributed by atoms with Crippen LogP contribution in [0.4, 0.5) is 27.6 Å². The molecule has 6 nitrogen and oxygen atoms in total. The number of anilines is 1. The van der Waals surface area contributed by atoms with Gasteiger partial charge in [0.2, 0.25) is 0 Å². The maximum absolute atomic E-state index is 13.8. The maximum Gasteiger partial charge on any atom is 0.433 e. The molecule has 1 amide bonds. The summed E-state index contributed by atoms with van der Waals surface area (Å²) < 4.78 is 70.9. The summed E-state index contributed by atoms with van der Waals surface area (Å²) in [5, 5.41) is 9.43. The molecular weight excluding hydrogens is 387 g/mol. The number of carbonyl (C=O) groups is 1. The Morgan fingerprint density at radius 3 is 2.43 bits per heavy atom. The van der Waals surface area contributed by atoms with Crippen LogP contribution in [0.5, 0.6) is 11.5 Å². The summed E-state index contributed by atoms with van der Waals surface area (Å²) in [4.78, 5) is 15.6. The number of alkyl halides is 3. The highest BCUT2D eigenvalue weighted by Gasteiger charge is 2.34. The van der Waals surface area contributed by atoms with Gasteiger partial charge < -0.3 is 10.1 Å². The summed E-state index contributed by atoms with van der Waals surface area (Å²) in [5.41, 5.74) is -1.56. The van der Waals surface area contributed by atoms with Crippen LogP contribution in [0, 0.1) is 11.6 Å². The Hall–Kier alpha value is -3.63. The van der Waals surface area contributed by atoms with Gasteiger partial charge in [0.15, 0.2) is 11.6 Å². The summed E-state index contributed by atoms with van der Waals surface area (Å²) in [5.74, 6) is -4.13. The van der Waals surface area contributed by atoms with Gasteiger partial charge in [-0.25, -0.2) is 8.78 Å². The lowest BCUT2D eigenvalue weighted by molar-refractivity contribution is -0.141. The van der Waals surface area contributed by atoms with E-state index in [4.69, 9.17) is 4.74 Å². The minimum atomic E-state index is -4.83. The summed E-state index contributed by atoms with van der Waals surface area (Å²) in [6.45, 7) is 0. The number of pyridine rings is 1. The Balaban J connectivity index is 2.00. The predicted octanol–water partition coefficient (Wildman–Crippen LogP) is 4.21. The second-order valence-corrected chi connectivity index (χ2v) is 5.33. The molecule has 0 saturated heterocycles. The van der Waals surface area contributed by atoms with E-state index in [1.165, 1.54) is 18.5 Å². The highest BCUT2D eigenvalue weighted by Crippen LogP contribution is 2.34. The van der Waals surface area contributed by atoms with Crippen molar-refractivity contribution < 1.29 is 31.5 Å². The number of carbonyl (C=O) groups excluding carboxylic acids is 1. The second kappa shape index (κ2) is 7.55. The van der Waals surface area contributed by atoms with Gasteiger partial charge in [0.25, 0.3) is 5.91 Å². The van der Waals surface area contributed by atoms with Crippen molar-refractivity contribution in [1.82, 2.24) is 15.2 Å². The number of nitrogens with one attached hydrogen (secondary N) is 1. The van der Waals surface area contributed by atoms with Crippen molar-refractivity contribution in [1.29, 1.82) is 0 Å². The van der Waals surface area contributed by atoms with Crippen molar-refractivity contribution in [3.8, 4) is 11.5 Å². The molecule has 1 aromatic carbocycles. The molecule has 0 atom stereocenters. The first-order valence-corrected chi connectivity index (χ1v) is 7.52. The van der Waals surface area contributed by atoms with Crippen molar-refractivity contribution in [2.75, 3.05) is 5.32 Å². The van der Waals surface area contributed by atoms with Crippen molar-refractivity contribution in [2.24, 2.45) is 0 Å². The number of rotatable bonds is 4. The van der Waals surface area contributed by atoms with Gasteiger partial charge in [0, 0.05) is 18.3 Å². The largest absolute Gasteiger partial charge is 0.453 e. The lowest BCUT2D eigenvalue weighted by Crippen LogP contribution is -2.16. The topological polar surface area (TPSA) is 77.0 Å². The summed E-state index contributed by atoms with van der Waals surface area (Å²) >= 11 is 0. The smallest absolute Gasteiger partial charge is 0.433 e. The number of halogens is 5. The fourth-order valence-corrected chi connectivity index (χ4v) is 2.09. The van der Waals surface area contributed by atoms with Crippen LogP contribution in [0.25, 0.3) is 0 Å². The normalized spacial score (nSPS) is 11.2. The van der Waals surface area contributed by atoms with E-state index in [1.54, 1.807) is 0 Å². The lowest BCUT2D eigenvalue weighted by Gasteiger charge is -2.14. The van der Waals surface area contributed by atoms with Gasteiger partial charge in [-0.1, -0.05) is 0 Å². The third-order valence-corrected chi connectivity index (χ3v) is 3.36. The van der Waals surface area contributed by atoms with Gasteiger partial charge in [-0.3, -0.25) is 9.78 Å².